The van der Waals surface area contributed by atoms with E-state index in [1.165, 1.54) is 0 Å². The van der Waals surface area contributed by atoms with Crippen LogP contribution in [0.5, 0.6) is 0 Å². The molecule has 1 aliphatic heterocycles. The summed E-state index contributed by atoms with van der Waals surface area (Å²) in [5.41, 5.74) is 6.89. The van der Waals surface area contributed by atoms with Gasteiger partial charge in [-0.15, -0.1) is 10.2 Å². The van der Waals surface area contributed by atoms with Crippen molar-refractivity contribution in [3.8, 4) is 0 Å². The number of anilines is 1. The monoisotopic (exact) mass is 258 g/mol. The third-order valence-electron chi connectivity index (χ3n) is 3.17. The number of hydrogen-bond acceptors (Lipinski definition) is 5. The van der Waals surface area contributed by atoms with Gasteiger partial charge >= 0.3 is 0 Å². The number of fused-ring (bicyclic) bond motifs is 1. The van der Waals surface area contributed by atoms with Gasteiger partial charge in [0.15, 0.2) is 5.82 Å². The Morgan fingerprint density at radius 1 is 1.37 bits per heavy atom. The van der Waals surface area contributed by atoms with Crippen LogP contribution in [0.4, 0.5) is 5.69 Å². The quantitative estimate of drug-likeness (QED) is 0.808. The molecule has 0 saturated carbocycles. The van der Waals surface area contributed by atoms with E-state index >= 15 is 0 Å². The van der Waals surface area contributed by atoms with Gasteiger partial charge < -0.3 is 15.2 Å². The van der Waals surface area contributed by atoms with Gasteiger partial charge in [0.1, 0.15) is 6.33 Å². The van der Waals surface area contributed by atoms with Crippen molar-refractivity contribution in [2.24, 2.45) is 0 Å². The Morgan fingerprint density at radius 3 is 3.05 bits per heavy atom. The zero-order valence-electron chi connectivity index (χ0n) is 10.4. The molecule has 2 N–H and O–H groups in total. The predicted molar refractivity (Wildman–Crippen MR) is 67.8 cm³/mol. The summed E-state index contributed by atoms with van der Waals surface area (Å²) in [6.45, 7) is 1.93. The number of carbonyl (C=O) groups excluding carboxylic acids is 1. The molecule has 0 spiro atoms. The van der Waals surface area contributed by atoms with Gasteiger partial charge in [0.05, 0.1) is 24.8 Å². The maximum atomic E-state index is 12.2. The Hall–Kier alpha value is -2.44. The van der Waals surface area contributed by atoms with Crippen molar-refractivity contribution < 1.29 is 4.79 Å². The second kappa shape index (κ2) is 4.68. The summed E-state index contributed by atoms with van der Waals surface area (Å²) in [4.78, 5) is 18.1. The van der Waals surface area contributed by atoms with Gasteiger partial charge in [0.2, 0.25) is 5.91 Å². The molecule has 0 aromatic carbocycles. The van der Waals surface area contributed by atoms with E-state index in [4.69, 9.17) is 5.73 Å². The van der Waals surface area contributed by atoms with E-state index in [0.717, 1.165) is 18.1 Å². The van der Waals surface area contributed by atoms with Gasteiger partial charge in [0, 0.05) is 18.8 Å². The van der Waals surface area contributed by atoms with Crippen molar-refractivity contribution in [3.63, 3.8) is 0 Å². The minimum absolute atomic E-state index is 0.0477. The molecule has 0 atom stereocenters. The zero-order chi connectivity index (χ0) is 13.2. The number of amides is 1. The molecular weight excluding hydrogens is 244 g/mol. The summed E-state index contributed by atoms with van der Waals surface area (Å²) >= 11 is 0. The molecule has 7 nitrogen and oxygen atoms in total. The van der Waals surface area contributed by atoms with Crippen LogP contribution in [0.15, 0.2) is 24.7 Å². The van der Waals surface area contributed by atoms with E-state index in [0.29, 0.717) is 18.8 Å². The first-order valence-corrected chi connectivity index (χ1v) is 6.07. The Morgan fingerprint density at radius 2 is 2.26 bits per heavy atom. The minimum atomic E-state index is 0.0477. The van der Waals surface area contributed by atoms with Gasteiger partial charge in [-0.05, 0) is 12.1 Å². The normalized spacial score (nSPS) is 14.2. The lowest BCUT2D eigenvalue weighted by Gasteiger charge is -2.27. The topological polar surface area (TPSA) is 89.9 Å². The molecule has 0 radical (unpaired) electrons. The van der Waals surface area contributed by atoms with Crippen LogP contribution in [0.25, 0.3) is 0 Å². The summed E-state index contributed by atoms with van der Waals surface area (Å²) in [6, 6.07) is 3.53. The molecule has 98 valence electrons. The summed E-state index contributed by atoms with van der Waals surface area (Å²) in [5, 5.41) is 7.83. The second-order valence-corrected chi connectivity index (χ2v) is 4.52. The molecule has 2 aromatic rings. The van der Waals surface area contributed by atoms with Gasteiger partial charge in [0.25, 0.3) is 0 Å². The number of rotatable bonds is 2. The lowest BCUT2D eigenvalue weighted by molar-refractivity contribution is -0.132. The van der Waals surface area contributed by atoms with Crippen molar-refractivity contribution in [1.82, 2.24) is 24.6 Å². The number of aromatic nitrogens is 4. The highest BCUT2D eigenvalue weighted by Gasteiger charge is 2.21. The van der Waals surface area contributed by atoms with Crippen molar-refractivity contribution in [2.75, 3.05) is 12.3 Å². The predicted octanol–water partition coefficient (Wildman–Crippen LogP) is -0.160. The van der Waals surface area contributed by atoms with E-state index in [2.05, 4.69) is 15.2 Å². The number of nitrogens with two attached hydrogens (primary N) is 1. The number of hydrogen-bond donors (Lipinski definition) is 1. The van der Waals surface area contributed by atoms with Crippen LogP contribution in [0.1, 0.15) is 11.5 Å². The SMILES string of the molecule is Nc1ccc(CC(=O)N2CCn3cnnc3C2)nc1. The number of nitrogens with zero attached hydrogens (tertiary/aromatic N) is 5. The van der Waals surface area contributed by atoms with Gasteiger partial charge in [-0.25, -0.2) is 0 Å². The smallest absolute Gasteiger partial charge is 0.229 e. The molecule has 3 heterocycles. The summed E-state index contributed by atoms with van der Waals surface area (Å²) < 4.78 is 1.96. The average molecular weight is 258 g/mol. The average Bonchev–Trinajstić information content (AvgIpc) is 2.88. The first-order valence-electron chi connectivity index (χ1n) is 6.07. The van der Waals surface area contributed by atoms with Crippen molar-refractivity contribution >= 4 is 11.6 Å². The summed E-state index contributed by atoms with van der Waals surface area (Å²) in [7, 11) is 0. The summed E-state index contributed by atoms with van der Waals surface area (Å²) in [6.07, 6.45) is 3.54. The van der Waals surface area contributed by atoms with E-state index < -0.39 is 0 Å². The van der Waals surface area contributed by atoms with Crippen LogP contribution in [0.3, 0.4) is 0 Å². The number of carbonyl (C=O) groups is 1. The molecule has 7 heteroatoms. The first-order chi connectivity index (χ1) is 9.22. The van der Waals surface area contributed by atoms with Crippen LogP contribution in [0, 0.1) is 0 Å². The fourth-order valence-electron chi connectivity index (χ4n) is 2.09. The Kier molecular flexibility index (Phi) is 2.86. The molecule has 0 unspecified atom stereocenters. The van der Waals surface area contributed by atoms with Crippen molar-refractivity contribution in [2.45, 2.75) is 19.5 Å². The highest BCUT2D eigenvalue weighted by molar-refractivity contribution is 5.78. The van der Waals surface area contributed by atoms with Crippen molar-refractivity contribution in [1.29, 1.82) is 0 Å². The fraction of sp³-hybridized carbons (Fsp3) is 0.333. The number of pyridine rings is 1. The van der Waals surface area contributed by atoms with E-state index in [1.54, 1.807) is 29.6 Å². The van der Waals surface area contributed by atoms with E-state index in [1.807, 2.05) is 4.57 Å². The molecule has 0 aliphatic carbocycles. The first kappa shape index (κ1) is 11.6. The molecular formula is C12H14N6O. The van der Waals surface area contributed by atoms with Crippen molar-refractivity contribution in [3.05, 3.63) is 36.2 Å². The minimum Gasteiger partial charge on any atom is -0.397 e. The van der Waals surface area contributed by atoms with Crippen LogP contribution >= 0.6 is 0 Å². The van der Waals surface area contributed by atoms with Gasteiger partial charge in [-0.3, -0.25) is 9.78 Å². The zero-order valence-corrected chi connectivity index (χ0v) is 10.4. The lowest BCUT2D eigenvalue weighted by atomic mass is 10.2. The highest BCUT2D eigenvalue weighted by Crippen LogP contribution is 2.11. The molecule has 3 rings (SSSR count). The fourth-order valence-corrected chi connectivity index (χ4v) is 2.09. The third-order valence-corrected chi connectivity index (χ3v) is 3.17. The molecule has 0 fully saturated rings. The second-order valence-electron chi connectivity index (χ2n) is 4.52. The van der Waals surface area contributed by atoms with E-state index in [9.17, 15) is 4.79 Å². The van der Waals surface area contributed by atoms with E-state index in [-0.39, 0.29) is 12.3 Å². The van der Waals surface area contributed by atoms with Crippen LogP contribution < -0.4 is 5.73 Å². The molecule has 1 aliphatic rings. The molecule has 1 amide bonds. The Bertz CT molecular complexity index is 591. The van der Waals surface area contributed by atoms with Crippen LogP contribution in [-0.2, 0) is 24.3 Å². The number of nitrogen functional groups attached to an aromatic ring is 1. The van der Waals surface area contributed by atoms with Crippen LogP contribution in [0.2, 0.25) is 0 Å². The van der Waals surface area contributed by atoms with Crippen LogP contribution in [-0.4, -0.2) is 37.1 Å². The third kappa shape index (κ3) is 2.40. The molecule has 0 bridgehead atoms. The standard InChI is InChI=1S/C12H14N6O/c13-9-1-2-10(14-6-9)5-12(19)17-3-4-18-8-15-16-11(18)7-17/h1-2,6,8H,3-5,7,13H2. The summed E-state index contributed by atoms with van der Waals surface area (Å²) in [5.74, 6) is 0.872. The Labute approximate surface area is 110 Å². The lowest BCUT2D eigenvalue weighted by Crippen LogP contribution is -2.39. The molecule has 0 saturated heterocycles. The maximum absolute atomic E-state index is 12.2. The highest BCUT2D eigenvalue weighted by atomic mass is 16.2. The van der Waals surface area contributed by atoms with Gasteiger partial charge in [-0.2, -0.15) is 0 Å². The molecule has 19 heavy (non-hydrogen) atoms. The molecule has 2 aromatic heterocycles. The van der Waals surface area contributed by atoms with Gasteiger partial charge in [-0.1, -0.05) is 0 Å². The Balaban J connectivity index is 1.67. The largest absolute Gasteiger partial charge is 0.397 e. The maximum Gasteiger partial charge on any atom is 0.229 e.